The highest BCUT2D eigenvalue weighted by molar-refractivity contribution is 7.99. The van der Waals surface area contributed by atoms with Gasteiger partial charge in [-0.05, 0) is 44.2 Å². The molecule has 3 rings (SSSR count). The lowest BCUT2D eigenvalue weighted by Crippen LogP contribution is -2.57. The van der Waals surface area contributed by atoms with Crippen LogP contribution in [-0.4, -0.2) is 54.8 Å². The minimum absolute atomic E-state index is 0.0968. The molecule has 2 aromatic rings. The predicted molar refractivity (Wildman–Crippen MR) is 109 cm³/mol. The lowest BCUT2D eigenvalue weighted by molar-refractivity contribution is -0.139. The minimum Gasteiger partial charge on any atom is -0.497 e. The van der Waals surface area contributed by atoms with E-state index >= 15 is 0 Å². The van der Waals surface area contributed by atoms with E-state index in [4.69, 9.17) is 9.84 Å². The van der Waals surface area contributed by atoms with Crippen LogP contribution in [0.2, 0.25) is 0 Å². The summed E-state index contributed by atoms with van der Waals surface area (Å²) in [4.78, 5) is 17.9. The number of rotatable bonds is 6. The Bertz CT molecular complexity index is 799. The second-order valence-electron chi connectivity index (χ2n) is 6.92. The molecule has 144 valence electrons. The fourth-order valence-corrected chi connectivity index (χ4v) is 4.51. The first-order chi connectivity index (χ1) is 13.0. The molecule has 6 heteroatoms. The Morgan fingerprint density at radius 1 is 1.15 bits per heavy atom. The Morgan fingerprint density at radius 3 is 2.67 bits per heavy atom. The predicted octanol–water partition coefficient (Wildman–Crippen LogP) is 3.83. The minimum atomic E-state index is -0.767. The van der Waals surface area contributed by atoms with Gasteiger partial charge in [0, 0.05) is 35.0 Å². The fraction of sp³-hybridized carbons (Fsp3) is 0.381. The molecule has 5 nitrogen and oxygen atoms in total. The number of piperazine rings is 1. The summed E-state index contributed by atoms with van der Waals surface area (Å²) in [6, 6.07) is 16.9. The number of ether oxygens (including phenoxy) is 1. The van der Waals surface area contributed by atoms with Crippen LogP contribution in [0.4, 0.5) is 5.69 Å². The number of benzene rings is 2. The van der Waals surface area contributed by atoms with Crippen LogP contribution >= 0.6 is 11.8 Å². The second-order valence-corrected chi connectivity index (χ2v) is 8.04. The van der Waals surface area contributed by atoms with Crippen molar-refractivity contribution in [1.29, 1.82) is 0 Å². The average Bonchev–Trinajstić information content (AvgIpc) is 2.65. The first-order valence-corrected chi connectivity index (χ1v) is 9.93. The van der Waals surface area contributed by atoms with E-state index in [-0.39, 0.29) is 18.6 Å². The number of anilines is 1. The zero-order valence-electron chi connectivity index (χ0n) is 16.0. The summed E-state index contributed by atoms with van der Waals surface area (Å²) in [6.45, 7) is 5.91. The molecule has 0 amide bonds. The maximum absolute atomic E-state index is 11.1. The Morgan fingerprint density at radius 2 is 1.93 bits per heavy atom. The zero-order valence-corrected chi connectivity index (χ0v) is 16.8. The topological polar surface area (TPSA) is 53.0 Å². The monoisotopic (exact) mass is 386 g/mol. The third-order valence-electron chi connectivity index (χ3n) is 4.90. The van der Waals surface area contributed by atoms with Gasteiger partial charge in [-0.3, -0.25) is 9.69 Å². The van der Waals surface area contributed by atoms with Gasteiger partial charge in [0.2, 0.25) is 0 Å². The lowest BCUT2D eigenvalue weighted by Gasteiger charge is -2.45. The molecule has 27 heavy (non-hydrogen) atoms. The molecule has 2 atom stereocenters. The van der Waals surface area contributed by atoms with Crippen LogP contribution in [0.3, 0.4) is 0 Å². The van der Waals surface area contributed by atoms with E-state index in [0.717, 1.165) is 23.7 Å². The summed E-state index contributed by atoms with van der Waals surface area (Å²) in [5.41, 5.74) is 1.19. The molecular formula is C21H26N2O3S. The summed E-state index contributed by atoms with van der Waals surface area (Å²) in [5, 5.41) is 9.13. The van der Waals surface area contributed by atoms with Gasteiger partial charge in [0.25, 0.3) is 0 Å². The summed E-state index contributed by atoms with van der Waals surface area (Å²) >= 11 is 1.72. The van der Waals surface area contributed by atoms with Crippen LogP contribution in [0.5, 0.6) is 5.75 Å². The number of nitrogens with zero attached hydrogens (tertiary/aromatic N) is 2. The fourth-order valence-electron chi connectivity index (χ4n) is 3.50. The number of hydrogen-bond donors (Lipinski definition) is 1. The number of methoxy groups -OCH3 is 1. The van der Waals surface area contributed by atoms with Crippen LogP contribution < -0.4 is 9.64 Å². The Labute approximate surface area is 164 Å². The van der Waals surface area contributed by atoms with Gasteiger partial charge < -0.3 is 14.7 Å². The molecule has 1 N–H and O–H groups in total. The van der Waals surface area contributed by atoms with Gasteiger partial charge in [-0.2, -0.15) is 0 Å². The van der Waals surface area contributed by atoms with Gasteiger partial charge in [0.1, 0.15) is 5.75 Å². The molecule has 0 aliphatic carbocycles. The van der Waals surface area contributed by atoms with E-state index in [2.05, 4.69) is 49.1 Å². The number of carboxylic acids is 1. The van der Waals surface area contributed by atoms with Crippen molar-refractivity contribution in [1.82, 2.24) is 4.90 Å². The average molecular weight is 387 g/mol. The normalized spacial score (nSPS) is 20.5. The largest absolute Gasteiger partial charge is 0.497 e. The summed E-state index contributed by atoms with van der Waals surface area (Å²) < 4.78 is 5.34. The smallest absolute Gasteiger partial charge is 0.317 e. The Kier molecular flexibility index (Phi) is 6.29. The third kappa shape index (κ3) is 4.76. The molecule has 0 aromatic heterocycles. The third-order valence-corrected chi connectivity index (χ3v) is 5.95. The lowest BCUT2D eigenvalue weighted by atomic mass is 10.1. The Hall–Kier alpha value is -2.18. The summed E-state index contributed by atoms with van der Waals surface area (Å²) in [5.74, 6) is 0.0817. The molecule has 2 aromatic carbocycles. The highest BCUT2D eigenvalue weighted by atomic mass is 32.2. The highest BCUT2D eigenvalue weighted by Gasteiger charge is 2.31. The van der Waals surface area contributed by atoms with E-state index in [0.29, 0.717) is 0 Å². The van der Waals surface area contributed by atoms with Crippen LogP contribution in [0.25, 0.3) is 0 Å². The number of aliphatic carboxylic acids is 1. The molecule has 1 saturated heterocycles. The van der Waals surface area contributed by atoms with E-state index < -0.39 is 5.97 Å². The van der Waals surface area contributed by atoms with E-state index in [1.165, 1.54) is 10.6 Å². The van der Waals surface area contributed by atoms with Crippen molar-refractivity contribution >= 4 is 23.4 Å². The zero-order chi connectivity index (χ0) is 19.4. The van der Waals surface area contributed by atoms with E-state index in [1.54, 1.807) is 18.9 Å². The molecule has 0 saturated carbocycles. The standard InChI is InChI=1S/C21H26N2O3S/c1-15-13-23(16(2)12-22(15)14-21(24)25)19-9-4-5-10-20(19)27-18-8-6-7-17(11-18)26-3/h4-11,15-16H,12-14H2,1-3H3,(H,24,25)/t15-,16+/m1/s1. The molecule has 0 bridgehead atoms. The maximum atomic E-state index is 11.1. The molecule has 1 aliphatic heterocycles. The Balaban J connectivity index is 1.82. The van der Waals surface area contributed by atoms with Crippen LogP contribution in [-0.2, 0) is 4.79 Å². The first kappa shape index (κ1) is 19.6. The van der Waals surface area contributed by atoms with Crippen molar-refractivity contribution < 1.29 is 14.6 Å². The van der Waals surface area contributed by atoms with Crippen LogP contribution in [0.1, 0.15) is 13.8 Å². The molecular weight excluding hydrogens is 360 g/mol. The number of hydrogen-bond acceptors (Lipinski definition) is 5. The van der Waals surface area contributed by atoms with Gasteiger partial charge in [0.05, 0.1) is 19.3 Å². The summed E-state index contributed by atoms with van der Waals surface area (Å²) in [7, 11) is 1.68. The van der Waals surface area contributed by atoms with Crippen molar-refractivity contribution in [2.24, 2.45) is 0 Å². The molecule has 1 fully saturated rings. The van der Waals surface area contributed by atoms with Gasteiger partial charge in [-0.15, -0.1) is 0 Å². The molecule has 1 heterocycles. The van der Waals surface area contributed by atoms with Gasteiger partial charge in [0.15, 0.2) is 0 Å². The van der Waals surface area contributed by atoms with E-state index in [1.807, 2.05) is 23.1 Å². The molecule has 1 aliphatic rings. The van der Waals surface area contributed by atoms with Crippen molar-refractivity contribution in [2.45, 2.75) is 35.7 Å². The SMILES string of the molecule is COc1cccc(Sc2ccccc2N2C[C@@H](C)N(CC(=O)O)C[C@@H]2C)c1. The molecule has 0 spiro atoms. The second kappa shape index (κ2) is 8.67. The van der Waals surface area contributed by atoms with Crippen molar-refractivity contribution in [2.75, 3.05) is 31.6 Å². The van der Waals surface area contributed by atoms with Gasteiger partial charge >= 0.3 is 5.97 Å². The first-order valence-electron chi connectivity index (χ1n) is 9.11. The summed E-state index contributed by atoms with van der Waals surface area (Å²) in [6.07, 6.45) is 0. The molecule has 0 radical (unpaired) electrons. The number of carboxylic acid groups (broad SMARTS) is 1. The van der Waals surface area contributed by atoms with Crippen molar-refractivity contribution in [3.63, 3.8) is 0 Å². The van der Waals surface area contributed by atoms with Crippen LogP contribution in [0.15, 0.2) is 58.3 Å². The van der Waals surface area contributed by atoms with Crippen molar-refractivity contribution in [3.05, 3.63) is 48.5 Å². The maximum Gasteiger partial charge on any atom is 0.317 e. The molecule has 0 unspecified atom stereocenters. The van der Waals surface area contributed by atoms with Crippen molar-refractivity contribution in [3.8, 4) is 5.75 Å². The van der Waals surface area contributed by atoms with E-state index in [9.17, 15) is 4.79 Å². The number of carbonyl (C=O) groups is 1. The van der Waals surface area contributed by atoms with Gasteiger partial charge in [-0.25, -0.2) is 0 Å². The highest BCUT2D eigenvalue weighted by Crippen LogP contribution is 2.38. The van der Waals surface area contributed by atoms with Gasteiger partial charge in [-0.1, -0.05) is 30.0 Å². The quantitative estimate of drug-likeness (QED) is 0.814. The number of para-hydroxylation sites is 1. The van der Waals surface area contributed by atoms with Crippen LogP contribution in [0, 0.1) is 0 Å².